The zero-order valence-electron chi connectivity index (χ0n) is 22.0. The Bertz CT molecular complexity index is 663. The van der Waals surface area contributed by atoms with Crippen molar-refractivity contribution in [3.8, 4) is 0 Å². The van der Waals surface area contributed by atoms with E-state index >= 15 is 0 Å². The number of carbonyl (C=O) groups excluding carboxylic acids is 2. The van der Waals surface area contributed by atoms with E-state index in [1.807, 2.05) is 0 Å². The van der Waals surface area contributed by atoms with Crippen molar-refractivity contribution in [1.82, 2.24) is 0 Å². The van der Waals surface area contributed by atoms with Gasteiger partial charge in [-0.25, -0.2) is 0 Å². The number of hydrogen-bond acceptors (Lipinski definition) is 4. The summed E-state index contributed by atoms with van der Waals surface area (Å²) in [5, 5.41) is 0. The van der Waals surface area contributed by atoms with Gasteiger partial charge in [0.15, 0.2) is 0 Å². The lowest BCUT2D eigenvalue weighted by atomic mass is 9.69. The van der Waals surface area contributed by atoms with E-state index in [0.717, 1.165) is 38.5 Å². The van der Waals surface area contributed by atoms with Crippen molar-refractivity contribution in [2.45, 2.75) is 107 Å². The van der Waals surface area contributed by atoms with Crippen molar-refractivity contribution in [1.29, 1.82) is 0 Å². The predicted octanol–water partition coefficient (Wildman–Crippen LogP) is 7.42. The fourth-order valence-electron chi connectivity index (χ4n) is 3.92. The van der Waals surface area contributed by atoms with E-state index in [9.17, 15) is 9.59 Å². The zero-order chi connectivity index (χ0) is 24.4. The van der Waals surface area contributed by atoms with Crippen LogP contribution < -0.4 is 0 Å². The van der Waals surface area contributed by atoms with Crippen LogP contribution in [0, 0.1) is 22.7 Å². The zero-order valence-corrected chi connectivity index (χ0v) is 22.0. The van der Waals surface area contributed by atoms with Gasteiger partial charge in [-0.15, -0.1) is 0 Å². The molecule has 0 aromatic heterocycles. The van der Waals surface area contributed by atoms with Crippen molar-refractivity contribution < 1.29 is 19.1 Å². The fourth-order valence-corrected chi connectivity index (χ4v) is 3.92. The van der Waals surface area contributed by atoms with Crippen molar-refractivity contribution in [3.05, 3.63) is 23.3 Å². The Balaban J connectivity index is 2.94. The van der Waals surface area contributed by atoms with Crippen LogP contribution in [0.3, 0.4) is 0 Å². The molecule has 0 amide bonds. The highest BCUT2D eigenvalue weighted by Gasteiger charge is 2.41. The normalized spacial score (nSPS) is 20.0. The standard InChI is InChI=1S/C28H48O4/c1-9-11-18-31-25(29)23-16-15-22(20-24(23)26(30)32-19-12-10-2)28(7,8)17-13-14-21(3)27(4,5)6/h14-15,23-24H,9-13,16-20H2,1-8H3/b21-14+. The summed E-state index contributed by atoms with van der Waals surface area (Å²) in [6.07, 6.45) is 11.3. The molecular formula is C28H48O4. The molecular weight excluding hydrogens is 400 g/mol. The highest BCUT2D eigenvalue weighted by Crippen LogP contribution is 2.42. The summed E-state index contributed by atoms with van der Waals surface area (Å²) in [6, 6.07) is 0. The first kappa shape index (κ1) is 28.5. The molecule has 1 aliphatic carbocycles. The molecule has 184 valence electrons. The molecule has 0 aromatic carbocycles. The third kappa shape index (κ3) is 9.11. The molecule has 0 radical (unpaired) electrons. The SMILES string of the molecule is CCCCOC(=O)C1CC=C(C(C)(C)CC/C=C(\C)C(C)(C)C)CC1C(=O)OCCCC. The van der Waals surface area contributed by atoms with Gasteiger partial charge in [-0.3, -0.25) is 9.59 Å². The van der Waals surface area contributed by atoms with Crippen molar-refractivity contribution in [3.63, 3.8) is 0 Å². The van der Waals surface area contributed by atoms with Crippen molar-refractivity contribution in [2.75, 3.05) is 13.2 Å². The average molecular weight is 449 g/mol. The van der Waals surface area contributed by atoms with Gasteiger partial charge in [0.1, 0.15) is 0 Å². The Hall–Kier alpha value is -1.58. The minimum Gasteiger partial charge on any atom is -0.465 e. The summed E-state index contributed by atoms with van der Waals surface area (Å²) < 4.78 is 11.0. The molecule has 0 fully saturated rings. The van der Waals surface area contributed by atoms with E-state index in [4.69, 9.17) is 9.47 Å². The number of hydrogen-bond donors (Lipinski definition) is 0. The molecule has 2 unspecified atom stereocenters. The third-order valence-corrected chi connectivity index (χ3v) is 6.91. The molecule has 0 saturated heterocycles. The molecule has 1 aliphatic rings. The summed E-state index contributed by atoms with van der Waals surface area (Å²) in [5.41, 5.74) is 2.81. The second kappa shape index (κ2) is 13.2. The monoisotopic (exact) mass is 448 g/mol. The molecule has 0 aromatic rings. The number of allylic oxidation sites excluding steroid dienone is 4. The van der Waals surface area contributed by atoms with E-state index in [0.29, 0.717) is 26.1 Å². The maximum Gasteiger partial charge on any atom is 0.310 e. The minimum absolute atomic E-state index is 0.0340. The Morgan fingerprint density at radius 1 is 0.969 bits per heavy atom. The highest BCUT2D eigenvalue weighted by atomic mass is 16.5. The lowest BCUT2D eigenvalue weighted by molar-refractivity contribution is -0.161. The predicted molar refractivity (Wildman–Crippen MR) is 132 cm³/mol. The molecule has 0 heterocycles. The average Bonchev–Trinajstić information content (AvgIpc) is 2.72. The van der Waals surface area contributed by atoms with Gasteiger partial charge in [-0.1, -0.05) is 84.6 Å². The topological polar surface area (TPSA) is 52.6 Å². The maximum absolute atomic E-state index is 12.9. The van der Waals surface area contributed by atoms with Crippen LogP contribution in [0.25, 0.3) is 0 Å². The third-order valence-electron chi connectivity index (χ3n) is 6.91. The molecule has 1 rings (SSSR count). The molecule has 32 heavy (non-hydrogen) atoms. The molecule has 4 heteroatoms. The Labute approximate surface area is 197 Å². The fraction of sp³-hybridized carbons (Fsp3) is 0.786. The summed E-state index contributed by atoms with van der Waals surface area (Å²) in [4.78, 5) is 25.7. The van der Waals surface area contributed by atoms with Gasteiger partial charge in [0, 0.05) is 0 Å². The summed E-state index contributed by atoms with van der Waals surface area (Å²) in [5.74, 6) is -1.40. The van der Waals surface area contributed by atoms with Crippen LogP contribution in [-0.4, -0.2) is 25.2 Å². The van der Waals surface area contributed by atoms with Crippen LogP contribution in [-0.2, 0) is 19.1 Å². The number of ether oxygens (including phenoxy) is 2. The Morgan fingerprint density at radius 2 is 1.50 bits per heavy atom. The van der Waals surface area contributed by atoms with E-state index < -0.39 is 11.8 Å². The summed E-state index contributed by atoms with van der Waals surface area (Å²) in [7, 11) is 0. The van der Waals surface area contributed by atoms with Gasteiger partial charge in [0.25, 0.3) is 0 Å². The van der Waals surface area contributed by atoms with Crippen LogP contribution in [0.15, 0.2) is 23.3 Å². The van der Waals surface area contributed by atoms with Gasteiger partial charge >= 0.3 is 11.9 Å². The first-order valence-corrected chi connectivity index (χ1v) is 12.6. The summed E-state index contributed by atoms with van der Waals surface area (Å²) >= 11 is 0. The van der Waals surface area contributed by atoms with Gasteiger partial charge in [-0.2, -0.15) is 0 Å². The first-order valence-electron chi connectivity index (χ1n) is 12.6. The lowest BCUT2D eigenvalue weighted by Gasteiger charge is -2.36. The van der Waals surface area contributed by atoms with Gasteiger partial charge in [-0.05, 0) is 56.3 Å². The van der Waals surface area contributed by atoms with Crippen molar-refractivity contribution in [2.24, 2.45) is 22.7 Å². The molecule has 0 N–H and O–H groups in total. The number of carbonyl (C=O) groups is 2. The molecule has 0 saturated carbocycles. The minimum atomic E-state index is -0.452. The summed E-state index contributed by atoms with van der Waals surface area (Å²) in [6.45, 7) is 18.4. The molecule has 4 nitrogen and oxygen atoms in total. The number of unbranched alkanes of at least 4 members (excludes halogenated alkanes) is 2. The van der Waals surface area contributed by atoms with E-state index in [1.54, 1.807) is 0 Å². The van der Waals surface area contributed by atoms with Crippen LogP contribution >= 0.6 is 0 Å². The molecule has 0 spiro atoms. The highest BCUT2D eigenvalue weighted by molar-refractivity contribution is 5.83. The Morgan fingerprint density at radius 3 is 2.00 bits per heavy atom. The van der Waals surface area contributed by atoms with Crippen molar-refractivity contribution >= 4 is 11.9 Å². The van der Waals surface area contributed by atoms with Crippen LogP contribution in [0.1, 0.15) is 107 Å². The first-order chi connectivity index (χ1) is 14.9. The number of esters is 2. The van der Waals surface area contributed by atoms with Gasteiger partial charge in [0.2, 0.25) is 0 Å². The second-order valence-electron chi connectivity index (χ2n) is 11.0. The van der Waals surface area contributed by atoms with E-state index in [2.05, 4.69) is 67.5 Å². The molecule has 2 atom stereocenters. The van der Waals surface area contributed by atoms with E-state index in [1.165, 1.54) is 11.1 Å². The second-order valence-corrected chi connectivity index (χ2v) is 11.0. The quantitative estimate of drug-likeness (QED) is 0.177. The van der Waals surface area contributed by atoms with Crippen LogP contribution in [0.2, 0.25) is 0 Å². The van der Waals surface area contributed by atoms with E-state index in [-0.39, 0.29) is 22.8 Å². The maximum atomic E-state index is 12.9. The van der Waals surface area contributed by atoms with Crippen LogP contribution in [0.5, 0.6) is 0 Å². The largest absolute Gasteiger partial charge is 0.465 e. The molecule has 0 bridgehead atoms. The van der Waals surface area contributed by atoms with Crippen LogP contribution in [0.4, 0.5) is 0 Å². The van der Waals surface area contributed by atoms with Gasteiger partial charge in [0.05, 0.1) is 25.0 Å². The smallest absolute Gasteiger partial charge is 0.310 e. The molecule has 0 aliphatic heterocycles. The van der Waals surface area contributed by atoms with Gasteiger partial charge < -0.3 is 9.47 Å². The lowest BCUT2D eigenvalue weighted by Crippen LogP contribution is -2.37. The number of rotatable bonds is 12. The Kier molecular flexibility index (Phi) is 11.7.